The monoisotopic (exact) mass is 400 g/mol. The smallest absolute Gasteiger partial charge is 0.426 e. The number of allylic oxidation sites excluding steroid dienone is 2. The van der Waals surface area contributed by atoms with Crippen LogP contribution in [-0.2, 0) is 22.3 Å². The summed E-state index contributed by atoms with van der Waals surface area (Å²) in [5.41, 5.74) is -1.53. The fourth-order valence-corrected chi connectivity index (χ4v) is 2.91. The first-order chi connectivity index (χ1) is 11.7. The van der Waals surface area contributed by atoms with Crippen molar-refractivity contribution in [2.45, 2.75) is 32.8 Å². The van der Waals surface area contributed by atoms with Crippen LogP contribution < -0.4 is 0 Å². The molecule has 2 nitrogen and oxygen atoms in total. The topological polar surface area (TPSA) is 26.3 Å². The molecular weight excluding hydrogens is 386 g/mol. The van der Waals surface area contributed by atoms with Crippen LogP contribution in [0.1, 0.15) is 25.0 Å². The number of alkyl halides is 6. The Kier molecular flexibility index (Phi) is 5.38. The molecule has 1 saturated carbocycles. The average molecular weight is 401 g/mol. The van der Waals surface area contributed by atoms with Gasteiger partial charge >= 0.3 is 18.3 Å². The minimum Gasteiger partial charge on any atom is -0.461 e. The number of hydrogen-bond acceptors (Lipinski definition) is 2. The minimum absolute atomic E-state index is 0.132. The van der Waals surface area contributed by atoms with E-state index in [-0.39, 0.29) is 5.56 Å². The van der Waals surface area contributed by atoms with E-state index in [4.69, 9.17) is 16.3 Å². The molecule has 0 spiro atoms. The van der Waals surface area contributed by atoms with Crippen LogP contribution in [0.5, 0.6) is 0 Å². The minimum atomic E-state index is -4.70. The van der Waals surface area contributed by atoms with E-state index in [0.717, 1.165) is 18.2 Å². The van der Waals surface area contributed by atoms with E-state index in [0.29, 0.717) is 0 Å². The molecule has 1 aromatic carbocycles. The lowest BCUT2D eigenvalue weighted by Crippen LogP contribution is -2.11. The maximum absolute atomic E-state index is 12.7. The summed E-state index contributed by atoms with van der Waals surface area (Å²) in [5.74, 6) is -2.38. The summed E-state index contributed by atoms with van der Waals surface area (Å²) in [5, 5.41) is -1.32. The number of benzene rings is 1. The number of carbonyl (C=O) groups excluding carboxylic acids is 1. The lowest BCUT2D eigenvalue weighted by Gasteiger charge is -2.09. The van der Waals surface area contributed by atoms with Gasteiger partial charge in [-0.25, -0.2) is 0 Å². The molecule has 26 heavy (non-hydrogen) atoms. The van der Waals surface area contributed by atoms with E-state index < -0.39 is 52.8 Å². The van der Waals surface area contributed by atoms with Crippen LogP contribution in [0.3, 0.4) is 0 Å². The lowest BCUT2D eigenvalue weighted by atomic mass is 10.1. The number of halogens is 7. The van der Waals surface area contributed by atoms with Crippen molar-refractivity contribution in [1.82, 2.24) is 0 Å². The van der Waals surface area contributed by atoms with Gasteiger partial charge in [-0.3, -0.25) is 4.79 Å². The molecule has 1 aliphatic carbocycles. The predicted octanol–water partition coefficient (Wildman–Crippen LogP) is 5.71. The standard InChI is InChI=1S/C17H15ClF6O2/c1-15(2)11(7-12(18)17(22,23)24)13(15)14(25)26-8-9-4-3-5-10(6-9)16(19,20)21/h3-7,11,13H,8H2,1-2H3. The molecule has 1 fully saturated rings. The number of ether oxygens (including phenoxy) is 1. The number of carbonyl (C=O) groups is 1. The van der Waals surface area contributed by atoms with E-state index in [1.807, 2.05) is 0 Å². The Hall–Kier alpha value is -1.70. The van der Waals surface area contributed by atoms with Crippen molar-refractivity contribution in [1.29, 1.82) is 0 Å². The maximum atomic E-state index is 12.7. The highest BCUT2D eigenvalue weighted by Crippen LogP contribution is 2.60. The summed E-state index contributed by atoms with van der Waals surface area (Å²) in [4.78, 5) is 12.1. The van der Waals surface area contributed by atoms with Crippen molar-refractivity contribution in [2.75, 3.05) is 0 Å². The van der Waals surface area contributed by atoms with E-state index in [1.54, 1.807) is 13.8 Å². The van der Waals surface area contributed by atoms with Crippen LogP contribution in [0, 0.1) is 17.3 Å². The molecule has 9 heteroatoms. The van der Waals surface area contributed by atoms with Gasteiger partial charge in [-0.2, -0.15) is 26.3 Å². The quantitative estimate of drug-likeness (QED) is 0.478. The number of rotatable bonds is 4. The molecule has 1 aromatic rings. The van der Waals surface area contributed by atoms with Gasteiger partial charge in [-0.05, 0) is 29.0 Å². The zero-order valence-corrected chi connectivity index (χ0v) is 14.5. The molecule has 1 aliphatic rings. The number of hydrogen-bond donors (Lipinski definition) is 0. The predicted molar refractivity (Wildman–Crippen MR) is 82.0 cm³/mol. The fourth-order valence-electron chi connectivity index (χ4n) is 2.77. The second-order valence-electron chi connectivity index (χ2n) is 6.64. The first-order valence-electron chi connectivity index (χ1n) is 7.52. The van der Waals surface area contributed by atoms with Gasteiger partial charge in [0.2, 0.25) is 0 Å². The molecule has 0 radical (unpaired) electrons. The molecule has 0 N–H and O–H groups in total. The third kappa shape index (κ3) is 4.52. The van der Waals surface area contributed by atoms with Gasteiger partial charge in [0.1, 0.15) is 11.6 Å². The van der Waals surface area contributed by atoms with Crippen LogP contribution in [0.2, 0.25) is 0 Å². The Labute approximate surface area is 150 Å². The Morgan fingerprint density at radius 2 is 1.85 bits per heavy atom. The molecule has 2 atom stereocenters. The largest absolute Gasteiger partial charge is 0.461 e. The molecule has 0 amide bonds. The van der Waals surface area contributed by atoms with Crippen LogP contribution in [0.25, 0.3) is 0 Å². The van der Waals surface area contributed by atoms with Crippen molar-refractivity contribution in [2.24, 2.45) is 17.3 Å². The summed E-state index contributed by atoms with van der Waals surface area (Å²) in [6, 6.07) is 4.28. The molecule has 0 heterocycles. The van der Waals surface area contributed by atoms with E-state index in [9.17, 15) is 31.1 Å². The number of esters is 1. The summed E-state index contributed by atoms with van der Waals surface area (Å²) >= 11 is 5.20. The van der Waals surface area contributed by atoms with Gasteiger partial charge in [0.05, 0.1) is 11.5 Å². The van der Waals surface area contributed by atoms with E-state index in [2.05, 4.69) is 0 Å². The van der Waals surface area contributed by atoms with Crippen molar-refractivity contribution < 1.29 is 35.9 Å². The SMILES string of the molecule is CC1(C)C(C=C(Cl)C(F)(F)F)C1C(=O)OCc1cccc(C(F)(F)F)c1. The summed E-state index contributed by atoms with van der Waals surface area (Å²) < 4.78 is 80.5. The first kappa shape index (κ1) is 20.6. The van der Waals surface area contributed by atoms with Crippen molar-refractivity contribution >= 4 is 17.6 Å². The molecule has 2 rings (SSSR count). The molecule has 0 aliphatic heterocycles. The highest BCUT2D eigenvalue weighted by molar-refractivity contribution is 6.30. The third-order valence-electron chi connectivity index (χ3n) is 4.40. The van der Waals surface area contributed by atoms with Crippen LogP contribution in [0.4, 0.5) is 26.3 Å². The van der Waals surface area contributed by atoms with Gasteiger partial charge < -0.3 is 4.74 Å². The molecule has 0 saturated heterocycles. The van der Waals surface area contributed by atoms with Crippen LogP contribution >= 0.6 is 11.6 Å². The van der Waals surface area contributed by atoms with Gasteiger partial charge in [0.15, 0.2) is 0 Å². The summed E-state index contributed by atoms with van der Waals surface area (Å²) in [7, 11) is 0. The second-order valence-corrected chi connectivity index (χ2v) is 7.05. The Morgan fingerprint density at radius 3 is 2.38 bits per heavy atom. The Bertz CT molecular complexity index is 721. The second kappa shape index (κ2) is 6.79. The van der Waals surface area contributed by atoms with Gasteiger partial charge in [0, 0.05) is 0 Å². The van der Waals surface area contributed by atoms with Crippen LogP contribution in [0.15, 0.2) is 35.4 Å². The zero-order valence-electron chi connectivity index (χ0n) is 13.7. The normalized spacial score (nSPS) is 22.9. The third-order valence-corrected chi connectivity index (χ3v) is 4.74. The molecule has 0 bridgehead atoms. The molecular formula is C17H15ClF6O2. The van der Waals surface area contributed by atoms with Gasteiger partial charge in [-0.1, -0.05) is 43.7 Å². The van der Waals surface area contributed by atoms with Gasteiger partial charge in [0.25, 0.3) is 0 Å². The van der Waals surface area contributed by atoms with E-state index in [1.165, 1.54) is 12.1 Å². The summed E-state index contributed by atoms with van der Waals surface area (Å²) in [6.07, 6.45) is -8.45. The summed E-state index contributed by atoms with van der Waals surface area (Å²) in [6.45, 7) is 2.77. The zero-order chi connectivity index (χ0) is 19.9. The van der Waals surface area contributed by atoms with E-state index >= 15 is 0 Å². The highest BCUT2D eigenvalue weighted by atomic mass is 35.5. The molecule has 0 aromatic heterocycles. The Balaban J connectivity index is 2.03. The first-order valence-corrected chi connectivity index (χ1v) is 7.89. The Morgan fingerprint density at radius 1 is 1.23 bits per heavy atom. The lowest BCUT2D eigenvalue weighted by molar-refractivity contribution is -0.147. The fraction of sp³-hybridized carbons (Fsp3) is 0.471. The van der Waals surface area contributed by atoms with Crippen molar-refractivity contribution in [3.63, 3.8) is 0 Å². The van der Waals surface area contributed by atoms with Gasteiger partial charge in [-0.15, -0.1) is 0 Å². The van der Waals surface area contributed by atoms with Crippen molar-refractivity contribution in [3.8, 4) is 0 Å². The maximum Gasteiger partial charge on any atom is 0.426 e. The highest BCUT2D eigenvalue weighted by Gasteiger charge is 2.62. The van der Waals surface area contributed by atoms with Crippen molar-refractivity contribution in [3.05, 3.63) is 46.5 Å². The van der Waals surface area contributed by atoms with Crippen LogP contribution in [-0.4, -0.2) is 12.1 Å². The average Bonchev–Trinajstić information content (AvgIpc) is 3.04. The molecule has 144 valence electrons. The molecule has 2 unspecified atom stereocenters.